The Labute approximate surface area is 126 Å². The number of nitrogens with one attached hydrogen (secondary N) is 1. The summed E-state index contributed by atoms with van der Waals surface area (Å²) in [5.41, 5.74) is 7.40. The van der Waals surface area contributed by atoms with Crippen LogP contribution in [0.5, 0.6) is 0 Å². The van der Waals surface area contributed by atoms with E-state index in [-0.39, 0.29) is 24.0 Å². The molecule has 1 aromatic rings. The van der Waals surface area contributed by atoms with Crippen LogP contribution < -0.4 is 11.1 Å². The molecule has 1 fully saturated rings. The minimum Gasteiger partial charge on any atom is -0.393 e. The summed E-state index contributed by atoms with van der Waals surface area (Å²) in [6.07, 6.45) is 0.623. The molecule has 0 bridgehead atoms. The van der Waals surface area contributed by atoms with Crippen molar-refractivity contribution < 1.29 is 9.90 Å². The van der Waals surface area contributed by atoms with Gasteiger partial charge in [0.2, 0.25) is 5.91 Å². The summed E-state index contributed by atoms with van der Waals surface area (Å²) in [5.74, 6) is 0.235. The van der Waals surface area contributed by atoms with E-state index in [1.165, 1.54) is 0 Å². The first-order valence-corrected chi connectivity index (χ1v) is 7.54. The summed E-state index contributed by atoms with van der Waals surface area (Å²) >= 11 is 0. The highest BCUT2D eigenvalue weighted by Gasteiger charge is 2.31. The summed E-state index contributed by atoms with van der Waals surface area (Å²) in [4.78, 5) is 14.5. The lowest BCUT2D eigenvalue weighted by Gasteiger charge is -2.24. The van der Waals surface area contributed by atoms with E-state index in [4.69, 9.17) is 5.73 Å². The van der Waals surface area contributed by atoms with E-state index in [9.17, 15) is 9.90 Å². The molecular formula is C16H25N3O2. The summed E-state index contributed by atoms with van der Waals surface area (Å²) < 4.78 is 0. The number of aliphatic hydroxyl groups excluding tert-OH is 1. The fourth-order valence-electron chi connectivity index (χ4n) is 2.78. The lowest BCUT2D eigenvalue weighted by atomic mass is 10.0. The van der Waals surface area contributed by atoms with Crippen molar-refractivity contribution in [2.45, 2.75) is 39.0 Å². The number of para-hydroxylation sites is 1. The number of carbonyl (C=O) groups is 1. The predicted molar refractivity (Wildman–Crippen MR) is 83.8 cm³/mol. The van der Waals surface area contributed by atoms with Gasteiger partial charge in [0, 0.05) is 18.8 Å². The van der Waals surface area contributed by atoms with Crippen LogP contribution in [-0.4, -0.2) is 41.1 Å². The number of nitrogens with two attached hydrogens (primary N) is 1. The topological polar surface area (TPSA) is 78.6 Å². The lowest BCUT2D eigenvalue weighted by Crippen LogP contribution is -2.41. The average molecular weight is 291 g/mol. The summed E-state index contributed by atoms with van der Waals surface area (Å²) in [6.45, 7) is 5.74. The predicted octanol–water partition coefficient (Wildman–Crippen LogP) is 1.17. The molecule has 0 radical (unpaired) electrons. The molecule has 116 valence electrons. The van der Waals surface area contributed by atoms with Crippen LogP contribution in [0.2, 0.25) is 0 Å². The Bertz CT molecular complexity index is 490. The Balaban J connectivity index is 1.97. The van der Waals surface area contributed by atoms with E-state index < -0.39 is 0 Å². The van der Waals surface area contributed by atoms with Crippen LogP contribution in [0, 0.1) is 5.92 Å². The second-order valence-corrected chi connectivity index (χ2v) is 5.81. The van der Waals surface area contributed by atoms with Gasteiger partial charge in [-0.3, -0.25) is 9.69 Å². The van der Waals surface area contributed by atoms with Crippen LogP contribution in [0.15, 0.2) is 24.3 Å². The number of anilines is 1. The number of nitrogens with zero attached hydrogens (tertiary/aromatic N) is 1. The smallest absolute Gasteiger partial charge is 0.241 e. The number of hydrogen-bond donors (Lipinski definition) is 3. The van der Waals surface area contributed by atoms with Gasteiger partial charge >= 0.3 is 0 Å². The molecule has 5 nitrogen and oxygen atoms in total. The Hall–Kier alpha value is -1.43. The quantitative estimate of drug-likeness (QED) is 0.761. The second-order valence-electron chi connectivity index (χ2n) is 5.81. The van der Waals surface area contributed by atoms with Crippen molar-refractivity contribution in [3.05, 3.63) is 29.8 Å². The first-order chi connectivity index (χ1) is 10.0. The normalized spacial score (nSPS) is 22.0. The third-order valence-electron chi connectivity index (χ3n) is 4.36. The molecule has 1 saturated heterocycles. The minimum absolute atomic E-state index is 0.0258. The largest absolute Gasteiger partial charge is 0.393 e. The SMILES string of the molecule is CC(O)C1CCN(C(C)C(=O)Nc2ccccc2CN)C1. The monoisotopic (exact) mass is 291 g/mol. The fourth-order valence-corrected chi connectivity index (χ4v) is 2.78. The molecule has 1 aromatic carbocycles. The van der Waals surface area contributed by atoms with E-state index in [2.05, 4.69) is 10.2 Å². The average Bonchev–Trinajstić information content (AvgIpc) is 2.97. The molecular weight excluding hydrogens is 266 g/mol. The third-order valence-corrected chi connectivity index (χ3v) is 4.36. The number of aliphatic hydroxyl groups is 1. The molecule has 0 aliphatic carbocycles. The van der Waals surface area contributed by atoms with E-state index in [0.29, 0.717) is 6.54 Å². The van der Waals surface area contributed by atoms with Crippen molar-refractivity contribution >= 4 is 11.6 Å². The number of hydrogen-bond acceptors (Lipinski definition) is 4. The summed E-state index contributed by atoms with van der Waals surface area (Å²) in [7, 11) is 0. The molecule has 1 heterocycles. The van der Waals surface area contributed by atoms with Gasteiger partial charge < -0.3 is 16.2 Å². The first-order valence-electron chi connectivity index (χ1n) is 7.54. The van der Waals surface area contributed by atoms with Crippen LogP contribution in [-0.2, 0) is 11.3 Å². The van der Waals surface area contributed by atoms with Gasteiger partial charge in [0.25, 0.3) is 0 Å². The van der Waals surface area contributed by atoms with E-state index in [1.54, 1.807) is 0 Å². The van der Waals surface area contributed by atoms with Crippen molar-refractivity contribution in [1.82, 2.24) is 4.90 Å². The Morgan fingerprint density at radius 3 is 2.81 bits per heavy atom. The van der Waals surface area contributed by atoms with Crippen LogP contribution >= 0.6 is 0 Å². The van der Waals surface area contributed by atoms with E-state index in [0.717, 1.165) is 30.8 Å². The molecule has 1 aliphatic heterocycles. The van der Waals surface area contributed by atoms with Crippen molar-refractivity contribution in [1.29, 1.82) is 0 Å². The molecule has 4 N–H and O–H groups in total. The Morgan fingerprint density at radius 2 is 2.19 bits per heavy atom. The lowest BCUT2D eigenvalue weighted by molar-refractivity contribution is -0.120. The van der Waals surface area contributed by atoms with Gasteiger partial charge in [-0.15, -0.1) is 0 Å². The van der Waals surface area contributed by atoms with Crippen molar-refractivity contribution in [3.63, 3.8) is 0 Å². The zero-order chi connectivity index (χ0) is 15.4. The summed E-state index contributed by atoms with van der Waals surface area (Å²) in [6, 6.07) is 7.38. The van der Waals surface area contributed by atoms with Crippen LogP contribution in [0.3, 0.4) is 0 Å². The van der Waals surface area contributed by atoms with Gasteiger partial charge in [-0.1, -0.05) is 18.2 Å². The number of likely N-dealkylation sites (tertiary alicyclic amines) is 1. The van der Waals surface area contributed by atoms with Gasteiger partial charge in [-0.05, 0) is 44.4 Å². The molecule has 1 aliphatic rings. The van der Waals surface area contributed by atoms with Crippen LogP contribution in [0.1, 0.15) is 25.8 Å². The summed E-state index contributed by atoms with van der Waals surface area (Å²) in [5, 5.41) is 12.6. The zero-order valence-corrected chi connectivity index (χ0v) is 12.7. The fraction of sp³-hybridized carbons (Fsp3) is 0.562. The Morgan fingerprint density at radius 1 is 1.48 bits per heavy atom. The molecule has 3 unspecified atom stereocenters. The maximum Gasteiger partial charge on any atom is 0.241 e. The Kier molecular flexibility index (Phi) is 5.33. The number of amides is 1. The standard InChI is InChI=1S/C16H25N3O2/c1-11(19-8-7-14(10-19)12(2)20)16(21)18-15-6-4-3-5-13(15)9-17/h3-6,11-12,14,20H,7-10,17H2,1-2H3,(H,18,21). The van der Waals surface area contributed by atoms with E-state index in [1.807, 2.05) is 38.1 Å². The maximum absolute atomic E-state index is 12.4. The highest BCUT2D eigenvalue weighted by molar-refractivity contribution is 5.95. The van der Waals surface area contributed by atoms with Gasteiger partial charge in [-0.25, -0.2) is 0 Å². The zero-order valence-electron chi connectivity index (χ0n) is 12.7. The van der Waals surface area contributed by atoms with Crippen molar-refractivity contribution in [3.8, 4) is 0 Å². The highest BCUT2D eigenvalue weighted by atomic mass is 16.3. The van der Waals surface area contributed by atoms with Crippen LogP contribution in [0.4, 0.5) is 5.69 Å². The molecule has 0 spiro atoms. The number of benzene rings is 1. The minimum atomic E-state index is -0.316. The van der Waals surface area contributed by atoms with Crippen molar-refractivity contribution in [2.75, 3.05) is 18.4 Å². The van der Waals surface area contributed by atoms with Gasteiger partial charge in [0.15, 0.2) is 0 Å². The molecule has 0 saturated carbocycles. The van der Waals surface area contributed by atoms with Gasteiger partial charge in [-0.2, -0.15) is 0 Å². The molecule has 3 atom stereocenters. The van der Waals surface area contributed by atoms with E-state index >= 15 is 0 Å². The number of carbonyl (C=O) groups excluding carboxylic acids is 1. The molecule has 1 amide bonds. The molecule has 2 rings (SSSR count). The second kappa shape index (κ2) is 7.02. The van der Waals surface area contributed by atoms with Crippen molar-refractivity contribution in [2.24, 2.45) is 11.7 Å². The first kappa shape index (κ1) is 15.9. The number of rotatable bonds is 5. The molecule has 21 heavy (non-hydrogen) atoms. The van der Waals surface area contributed by atoms with Gasteiger partial charge in [0.05, 0.1) is 12.1 Å². The molecule has 0 aromatic heterocycles. The third kappa shape index (κ3) is 3.81. The maximum atomic E-state index is 12.4. The van der Waals surface area contributed by atoms with Gasteiger partial charge in [0.1, 0.15) is 0 Å². The highest BCUT2D eigenvalue weighted by Crippen LogP contribution is 2.22. The molecule has 5 heteroatoms. The van der Waals surface area contributed by atoms with Crippen LogP contribution in [0.25, 0.3) is 0 Å².